The van der Waals surface area contributed by atoms with Crippen molar-refractivity contribution >= 4 is 23.0 Å². The molecular weight excluding hydrogens is 296 g/mol. The van der Waals surface area contributed by atoms with Gasteiger partial charge in [-0.05, 0) is 19.9 Å². The molecule has 0 saturated carbocycles. The maximum atomic E-state index is 12.2. The van der Waals surface area contributed by atoms with Gasteiger partial charge in [0, 0.05) is 24.5 Å². The van der Waals surface area contributed by atoms with E-state index in [0.29, 0.717) is 5.76 Å². The van der Waals surface area contributed by atoms with Crippen LogP contribution in [0, 0.1) is 12.8 Å². The summed E-state index contributed by atoms with van der Waals surface area (Å²) in [6.45, 7) is 5.52. The van der Waals surface area contributed by atoms with Gasteiger partial charge in [0.05, 0.1) is 12.0 Å². The first-order valence-electron chi connectivity index (χ1n) is 7.53. The Morgan fingerprint density at radius 3 is 2.57 bits per heavy atom. The number of nitrogens with one attached hydrogen (secondary N) is 1. The Morgan fingerprint density at radius 1 is 1.30 bits per heavy atom. The maximum Gasteiger partial charge on any atom is 0.317 e. The number of para-hydroxylation sites is 1. The molecule has 1 aromatic heterocycles. The van der Waals surface area contributed by atoms with E-state index in [0.717, 1.165) is 16.5 Å². The minimum Gasteiger partial charge on any atom is -0.481 e. The van der Waals surface area contributed by atoms with Crippen molar-refractivity contribution in [2.24, 2.45) is 5.92 Å². The van der Waals surface area contributed by atoms with Gasteiger partial charge in [0.2, 0.25) is 0 Å². The van der Waals surface area contributed by atoms with Crippen molar-refractivity contribution in [1.29, 1.82) is 0 Å². The standard InChI is InChI=1S/C17H22N2O4/c1-10(16(20)21)9-19(4)17(22)18-12(3)15-11(2)13-7-5-6-8-14(13)23-15/h5-8,10,12H,9H2,1-4H3,(H,18,22)(H,20,21)/t10?,12-/m1/s1. The minimum absolute atomic E-state index is 0.146. The molecule has 0 fully saturated rings. The molecule has 2 aromatic rings. The van der Waals surface area contributed by atoms with Crippen LogP contribution in [0.1, 0.15) is 31.2 Å². The van der Waals surface area contributed by atoms with Gasteiger partial charge < -0.3 is 19.7 Å². The molecule has 6 heteroatoms. The Kier molecular flexibility index (Phi) is 4.93. The summed E-state index contributed by atoms with van der Waals surface area (Å²) in [7, 11) is 1.58. The van der Waals surface area contributed by atoms with Crippen LogP contribution in [0.2, 0.25) is 0 Å². The molecule has 0 aliphatic rings. The lowest BCUT2D eigenvalue weighted by Crippen LogP contribution is -2.41. The number of furan rings is 1. The van der Waals surface area contributed by atoms with Gasteiger partial charge in [-0.1, -0.05) is 25.1 Å². The first-order chi connectivity index (χ1) is 10.8. The SMILES string of the molecule is Cc1c([C@@H](C)NC(=O)N(C)CC(C)C(=O)O)oc2ccccc12. The van der Waals surface area contributed by atoms with Crippen LogP contribution in [-0.2, 0) is 4.79 Å². The van der Waals surface area contributed by atoms with E-state index in [2.05, 4.69) is 5.32 Å². The molecule has 0 saturated heterocycles. The second kappa shape index (κ2) is 6.73. The van der Waals surface area contributed by atoms with Crippen LogP contribution >= 0.6 is 0 Å². The van der Waals surface area contributed by atoms with Crippen LogP contribution < -0.4 is 5.32 Å². The summed E-state index contributed by atoms with van der Waals surface area (Å²) in [5, 5.41) is 12.8. The highest BCUT2D eigenvalue weighted by molar-refractivity contribution is 5.82. The number of amides is 2. The number of fused-ring (bicyclic) bond motifs is 1. The third-order valence-corrected chi connectivity index (χ3v) is 3.93. The average molecular weight is 318 g/mol. The van der Waals surface area contributed by atoms with Crippen LogP contribution in [0.3, 0.4) is 0 Å². The lowest BCUT2D eigenvalue weighted by Gasteiger charge is -2.22. The molecule has 2 N–H and O–H groups in total. The van der Waals surface area contributed by atoms with E-state index in [1.807, 2.05) is 38.1 Å². The first-order valence-corrected chi connectivity index (χ1v) is 7.53. The fourth-order valence-corrected chi connectivity index (χ4v) is 2.54. The summed E-state index contributed by atoms with van der Waals surface area (Å²) < 4.78 is 5.83. The number of benzene rings is 1. The summed E-state index contributed by atoms with van der Waals surface area (Å²) in [6, 6.07) is 7.08. The quantitative estimate of drug-likeness (QED) is 0.887. The molecule has 124 valence electrons. The van der Waals surface area contributed by atoms with E-state index in [1.165, 1.54) is 4.90 Å². The second-order valence-electron chi connectivity index (χ2n) is 5.88. The minimum atomic E-state index is -0.925. The first kappa shape index (κ1) is 16.9. The molecule has 1 heterocycles. The summed E-state index contributed by atoms with van der Waals surface area (Å²) in [6.07, 6.45) is 0. The predicted octanol–water partition coefficient (Wildman–Crippen LogP) is 3.16. The average Bonchev–Trinajstić information content (AvgIpc) is 2.84. The van der Waals surface area contributed by atoms with Gasteiger partial charge in [0.25, 0.3) is 0 Å². The summed E-state index contributed by atoms with van der Waals surface area (Å²) >= 11 is 0. The summed E-state index contributed by atoms with van der Waals surface area (Å²) in [5.41, 5.74) is 1.78. The molecule has 2 atom stereocenters. The molecule has 0 radical (unpaired) electrons. The molecule has 0 aliphatic carbocycles. The molecule has 2 amide bonds. The Hall–Kier alpha value is -2.50. The zero-order chi connectivity index (χ0) is 17.1. The third-order valence-electron chi connectivity index (χ3n) is 3.93. The van der Waals surface area contributed by atoms with Gasteiger partial charge in [-0.2, -0.15) is 0 Å². The number of carbonyl (C=O) groups is 2. The van der Waals surface area contributed by atoms with E-state index in [1.54, 1.807) is 14.0 Å². The van der Waals surface area contributed by atoms with Crippen molar-refractivity contribution in [3.05, 3.63) is 35.6 Å². The van der Waals surface area contributed by atoms with Crippen LogP contribution in [0.4, 0.5) is 4.79 Å². The lowest BCUT2D eigenvalue weighted by molar-refractivity contribution is -0.141. The van der Waals surface area contributed by atoms with Crippen LogP contribution in [-0.4, -0.2) is 35.6 Å². The van der Waals surface area contributed by atoms with E-state index in [-0.39, 0.29) is 18.6 Å². The van der Waals surface area contributed by atoms with Crippen molar-refractivity contribution in [3.8, 4) is 0 Å². The van der Waals surface area contributed by atoms with Crippen LogP contribution in [0.15, 0.2) is 28.7 Å². The Bertz CT molecular complexity index is 722. The zero-order valence-corrected chi connectivity index (χ0v) is 13.8. The van der Waals surface area contributed by atoms with Crippen molar-refractivity contribution in [2.45, 2.75) is 26.8 Å². The van der Waals surface area contributed by atoms with E-state index in [9.17, 15) is 9.59 Å². The van der Waals surface area contributed by atoms with Gasteiger partial charge in [-0.25, -0.2) is 4.79 Å². The second-order valence-corrected chi connectivity index (χ2v) is 5.88. The normalized spacial score (nSPS) is 13.6. The summed E-state index contributed by atoms with van der Waals surface area (Å²) in [4.78, 5) is 24.4. The highest BCUT2D eigenvalue weighted by atomic mass is 16.4. The Labute approximate surface area is 135 Å². The van der Waals surface area contributed by atoms with E-state index >= 15 is 0 Å². The topological polar surface area (TPSA) is 82.8 Å². The molecule has 2 rings (SSSR count). The number of nitrogens with zero attached hydrogens (tertiary/aromatic N) is 1. The third kappa shape index (κ3) is 3.64. The predicted molar refractivity (Wildman–Crippen MR) is 87.3 cm³/mol. The Balaban J connectivity index is 2.08. The fraction of sp³-hybridized carbons (Fsp3) is 0.412. The molecule has 1 aromatic carbocycles. The van der Waals surface area contributed by atoms with Gasteiger partial charge in [-0.15, -0.1) is 0 Å². The lowest BCUT2D eigenvalue weighted by atomic mass is 10.1. The molecule has 0 aliphatic heterocycles. The highest BCUT2D eigenvalue weighted by Crippen LogP contribution is 2.29. The van der Waals surface area contributed by atoms with E-state index in [4.69, 9.17) is 9.52 Å². The van der Waals surface area contributed by atoms with Crippen molar-refractivity contribution in [2.75, 3.05) is 13.6 Å². The monoisotopic (exact) mass is 318 g/mol. The fourth-order valence-electron chi connectivity index (χ4n) is 2.54. The van der Waals surface area contributed by atoms with Crippen molar-refractivity contribution in [1.82, 2.24) is 10.2 Å². The largest absolute Gasteiger partial charge is 0.481 e. The molecule has 23 heavy (non-hydrogen) atoms. The van der Waals surface area contributed by atoms with Gasteiger partial charge >= 0.3 is 12.0 Å². The maximum absolute atomic E-state index is 12.2. The van der Waals surface area contributed by atoms with Crippen LogP contribution in [0.5, 0.6) is 0 Å². The van der Waals surface area contributed by atoms with Crippen molar-refractivity contribution in [3.63, 3.8) is 0 Å². The zero-order valence-electron chi connectivity index (χ0n) is 13.8. The van der Waals surface area contributed by atoms with Crippen molar-refractivity contribution < 1.29 is 19.1 Å². The molecular formula is C17H22N2O4. The number of carboxylic acid groups (broad SMARTS) is 1. The number of carboxylic acids is 1. The number of hydrogen-bond donors (Lipinski definition) is 2. The highest BCUT2D eigenvalue weighted by Gasteiger charge is 2.22. The number of urea groups is 1. The van der Waals surface area contributed by atoms with Gasteiger partial charge in [0.15, 0.2) is 0 Å². The van der Waals surface area contributed by atoms with E-state index < -0.39 is 11.9 Å². The van der Waals surface area contributed by atoms with Gasteiger partial charge in [0.1, 0.15) is 11.3 Å². The number of carbonyl (C=O) groups excluding carboxylic acids is 1. The number of aliphatic carboxylic acids is 1. The Morgan fingerprint density at radius 2 is 1.96 bits per heavy atom. The molecule has 0 spiro atoms. The molecule has 1 unspecified atom stereocenters. The smallest absolute Gasteiger partial charge is 0.317 e. The molecule has 0 bridgehead atoms. The van der Waals surface area contributed by atoms with Crippen LogP contribution in [0.25, 0.3) is 11.0 Å². The van der Waals surface area contributed by atoms with Gasteiger partial charge in [-0.3, -0.25) is 4.79 Å². The number of rotatable bonds is 5. The number of hydrogen-bond acceptors (Lipinski definition) is 3. The number of aryl methyl sites for hydroxylation is 1. The molecule has 6 nitrogen and oxygen atoms in total. The summed E-state index contributed by atoms with van der Waals surface area (Å²) in [5.74, 6) is -0.834.